The Hall–Kier alpha value is -2.95. The Morgan fingerprint density at radius 3 is 2.67 bits per heavy atom. The third kappa shape index (κ3) is 2.93. The molecule has 3 rings (SSSR count). The molecule has 0 aliphatic heterocycles. The maximum absolute atomic E-state index is 11.9. The molecule has 2 aromatic heterocycles. The van der Waals surface area contributed by atoms with E-state index in [-0.39, 0.29) is 5.97 Å². The molecule has 3 aromatic rings. The molecule has 1 aromatic carbocycles. The number of aryl methyl sites for hydroxylation is 1. The van der Waals surface area contributed by atoms with Gasteiger partial charge in [0.05, 0.1) is 24.1 Å². The monoisotopic (exact) mass is 321 g/mol. The highest BCUT2D eigenvalue weighted by atomic mass is 16.5. The van der Waals surface area contributed by atoms with Crippen molar-refractivity contribution < 1.29 is 9.53 Å². The average molecular weight is 321 g/mol. The number of rotatable bonds is 4. The van der Waals surface area contributed by atoms with Crippen molar-refractivity contribution in [1.29, 1.82) is 0 Å². The van der Waals surface area contributed by atoms with Crippen LogP contribution in [0.4, 0.5) is 0 Å². The molecular weight excluding hydrogens is 302 g/mol. The lowest BCUT2D eigenvalue weighted by Crippen LogP contribution is -2.07. The molecule has 0 radical (unpaired) electrons. The van der Waals surface area contributed by atoms with Gasteiger partial charge in [-0.15, -0.1) is 0 Å². The van der Waals surface area contributed by atoms with E-state index in [2.05, 4.69) is 29.1 Å². The summed E-state index contributed by atoms with van der Waals surface area (Å²) in [5.41, 5.74) is 5.56. The van der Waals surface area contributed by atoms with Crippen molar-refractivity contribution in [3.63, 3.8) is 0 Å². The molecule has 0 fully saturated rings. The first kappa shape index (κ1) is 15.9. The summed E-state index contributed by atoms with van der Waals surface area (Å²) in [6, 6.07) is 11.8. The lowest BCUT2D eigenvalue weighted by molar-refractivity contribution is 0.0599. The van der Waals surface area contributed by atoms with E-state index in [9.17, 15) is 4.79 Å². The Bertz CT molecular complexity index is 870. The Balaban J connectivity index is 2.00. The zero-order valence-electron chi connectivity index (χ0n) is 14.0. The van der Waals surface area contributed by atoms with Crippen LogP contribution in [-0.2, 0) is 18.2 Å². The smallest absolute Gasteiger partial charge is 0.338 e. The summed E-state index contributed by atoms with van der Waals surface area (Å²) in [7, 11) is 3.31. The summed E-state index contributed by atoms with van der Waals surface area (Å²) in [5.74, 6) is -0.357. The molecule has 0 aliphatic carbocycles. The van der Waals surface area contributed by atoms with Crippen molar-refractivity contribution in [3.05, 3.63) is 71.2 Å². The topological polar surface area (TPSA) is 57.0 Å². The van der Waals surface area contributed by atoms with E-state index in [0.29, 0.717) is 12.0 Å². The molecule has 0 saturated heterocycles. The molecule has 5 nitrogen and oxygen atoms in total. The number of benzene rings is 1. The van der Waals surface area contributed by atoms with Gasteiger partial charge < -0.3 is 4.74 Å². The second kappa shape index (κ2) is 6.66. The van der Waals surface area contributed by atoms with Crippen molar-refractivity contribution in [2.45, 2.75) is 13.3 Å². The van der Waals surface area contributed by atoms with Crippen molar-refractivity contribution in [2.75, 3.05) is 7.11 Å². The SMILES string of the molecule is COC(=O)c1ccncc1Cc1nn(C)c(-c2ccccc2)c1C. The van der Waals surface area contributed by atoms with Gasteiger partial charge in [0, 0.05) is 31.4 Å². The van der Waals surface area contributed by atoms with Crippen molar-refractivity contribution >= 4 is 5.97 Å². The van der Waals surface area contributed by atoms with Crippen molar-refractivity contribution in [3.8, 4) is 11.3 Å². The van der Waals surface area contributed by atoms with Gasteiger partial charge in [-0.05, 0) is 24.1 Å². The molecule has 0 N–H and O–H groups in total. The van der Waals surface area contributed by atoms with E-state index in [1.165, 1.54) is 7.11 Å². The van der Waals surface area contributed by atoms with Crippen LogP contribution in [-0.4, -0.2) is 27.8 Å². The highest BCUT2D eigenvalue weighted by Gasteiger charge is 2.18. The van der Waals surface area contributed by atoms with Gasteiger partial charge in [-0.1, -0.05) is 30.3 Å². The second-order valence-electron chi connectivity index (χ2n) is 5.61. The number of aromatic nitrogens is 3. The number of methoxy groups -OCH3 is 1. The Morgan fingerprint density at radius 1 is 1.21 bits per heavy atom. The second-order valence-corrected chi connectivity index (χ2v) is 5.61. The van der Waals surface area contributed by atoms with Gasteiger partial charge in [0.1, 0.15) is 0 Å². The summed E-state index contributed by atoms with van der Waals surface area (Å²) in [6.45, 7) is 2.05. The van der Waals surface area contributed by atoms with Crippen molar-refractivity contribution in [1.82, 2.24) is 14.8 Å². The Labute approximate surface area is 140 Å². The molecule has 0 amide bonds. The fourth-order valence-electron chi connectivity index (χ4n) is 2.91. The van der Waals surface area contributed by atoms with E-state index < -0.39 is 0 Å². The number of hydrogen-bond acceptors (Lipinski definition) is 4. The number of hydrogen-bond donors (Lipinski definition) is 0. The molecule has 5 heteroatoms. The zero-order chi connectivity index (χ0) is 17.1. The van der Waals surface area contributed by atoms with E-state index in [1.54, 1.807) is 18.5 Å². The van der Waals surface area contributed by atoms with Gasteiger partial charge in [-0.25, -0.2) is 4.79 Å². The highest BCUT2D eigenvalue weighted by Crippen LogP contribution is 2.26. The fraction of sp³-hybridized carbons (Fsp3) is 0.211. The lowest BCUT2D eigenvalue weighted by atomic mass is 10.0. The van der Waals surface area contributed by atoms with Gasteiger partial charge in [-0.3, -0.25) is 9.67 Å². The molecule has 0 saturated carbocycles. The van der Waals surface area contributed by atoms with Crippen LogP contribution in [0.1, 0.15) is 27.2 Å². The Kier molecular flexibility index (Phi) is 4.42. The first-order chi connectivity index (χ1) is 11.6. The molecule has 0 unspecified atom stereocenters. The van der Waals surface area contributed by atoms with Crippen LogP contribution in [0.3, 0.4) is 0 Å². The molecule has 0 spiro atoms. The van der Waals surface area contributed by atoms with E-state index in [4.69, 9.17) is 4.74 Å². The summed E-state index contributed by atoms with van der Waals surface area (Å²) in [4.78, 5) is 16.1. The standard InChI is InChI=1S/C19H19N3O2/c1-13-17(11-15-12-20-10-9-16(15)19(23)24-3)21-22(2)18(13)14-7-5-4-6-8-14/h4-10,12H,11H2,1-3H3. The van der Waals surface area contributed by atoms with E-state index >= 15 is 0 Å². The Morgan fingerprint density at radius 2 is 1.96 bits per heavy atom. The summed E-state index contributed by atoms with van der Waals surface area (Å²) in [5, 5.41) is 4.64. The van der Waals surface area contributed by atoms with Crippen molar-refractivity contribution in [2.24, 2.45) is 7.05 Å². The fourth-order valence-corrected chi connectivity index (χ4v) is 2.91. The maximum Gasteiger partial charge on any atom is 0.338 e. The largest absolute Gasteiger partial charge is 0.465 e. The number of pyridine rings is 1. The third-order valence-corrected chi connectivity index (χ3v) is 4.10. The van der Waals surface area contributed by atoms with E-state index in [0.717, 1.165) is 28.1 Å². The number of carbonyl (C=O) groups is 1. The predicted molar refractivity (Wildman–Crippen MR) is 91.8 cm³/mol. The molecule has 0 bridgehead atoms. The van der Waals surface area contributed by atoms with Gasteiger partial charge in [0.2, 0.25) is 0 Å². The van der Waals surface area contributed by atoms with Crippen LogP contribution >= 0.6 is 0 Å². The zero-order valence-corrected chi connectivity index (χ0v) is 14.0. The van der Waals surface area contributed by atoms with Crippen LogP contribution in [0.25, 0.3) is 11.3 Å². The summed E-state index contributed by atoms with van der Waals surface area (Å²) >= 11 is 0. The number of carbonyl (C=O) groups excluding carboxylic acids is 1. The summed E-state index contributed by atoms with van der Waals surface area (Å²) in [6.07, 6.45) is 3.82. The quantitative estimate of drug-likeness (QED) is 0.693. The van der Waals surface area contributed by atoms with Gasteiger partial charge >= 0.3 is 5.97 Å². The third-order valence-electron chi connectivity index (χ3n) is 4.10. The van der Waals surface area contributed by atoms with Crippen LogP contribution in [0.15, 0.2) is 48.8 Å². The minimum Gasteiger partial charge on any atom is -0.465 e. The lowest BCUT2D eigenvalue weighted by Gasteiger charge is -2.06. The molecule has 2 heterocycles. The molecule has 122 valence electrons. The minimum absolute atomic E-state index is 0.357. The first-order valence-corrected chi connectivity index (χ1v) is 7.71. The van der Waals surface area contributed by atoms with Gasteiger partial charge in [0.25, 0.3) is 0 Å². The van der Waals surface area contributed by atoms with Crippen LogP contribution in [0, 0.1) is 6.92 Å². The summed E-state index contributed by atoms with van der Waals surface area (Å²) < 4.78 is 6.73. The van der Waals surface area contributed by atoms with Crippen LogP contribution in [0.5, 0.6) is 0 Å². The van der Waals surface area contributed by atoms with Gasteiger partial charge in [0.15, 0.2) is 0 Å². The number of esters is 1. The molecule has 0 aliphatic rings. The maximum atomic E-state index is 11.9. The molecule has 0 atom stereocenters. The van der Waals surface area contributed by atoms with E-state index in [1.807, 2.05) is 29.9 Å². The highest BCUT2D eigenvalue weighted by molar-refractivity contribution is 5.90. The average Bonchev–Trinajstić information content (AvgIpc) is 2.89. The van der Waals surface area contributed by atoms with Crippen LogP contribution in [0.2, 0.25) is 0 Å². The first-order valence-electron chi connectivity index (χ1n) is 7.71. The molecule has 24 heavy (non-hydrogen) atoms. The number of nitrogens with zero attached hydrogens (tertiary/aromatic N) is 3. The van der Waals surface area contributed by atoms with Gasteiger partial charge in [-0.2, -0.15) is 5.10 Å². The minimum atomic E-state index is -0.357. The molecular formula is C19H19N3O2. The number of ether oxygens (including phenoxy) is 1. The predicted octanol–water partition coefficient (Wildman–Crippen LogP) is 3.17. The van der Waals surface area contributed by atoms with Crippen LogP contribution < -0.4 is 0 Å². The normalized spacial score (nSPS) is 10.6.